The number of halogens is 3. The number of hydrogen-bond donors (Lipinski definition) is 3. The molecule has 0 atom stereocenters. The van der Waals surface area contributed by atoms with Crippen molar-refractivity contribution in [1.82, 2.24) is 0 Å². The number of hydrogen-bond acceptors (Lipinski definition) is 8. The number of rotatable bonds is 10. The summed E-state index contributed by atoms with van der Waals surface area (Å²) in [6, 6.07) is 30.6. The number of amides is 2. The number of ether oxygens (including phenoxy) is 2. The molecule has 1 aliphatic rings. The molecule has 3 N–H and O–H groups in total. The predicted octanol–water partition coefficient (Wildman–Crippen LogP) is 9.17. The molecule has 11 nitrogen and oxygen atoms in total. The molecule has 274 valence electrons. The van der Waals surface area contributed by atoms with E-state index in [4.69, 9.17) is 9.47 Å². The van der Waals surface area contributed by atoms with Gasteiger partial charge in [0, 0.05) is 65.2 Å². The van der Waals surface area contributed by atoms with E-state index >= 15 is 0 Å². The Morgan fingerprint density at radius 2 is 1.23 bits per heavy atom. The Hall–Kier alpha value is -6.57. The van der Waals surface area contributed by atoms with Crippen LogP contribution in [0.2, 0.25) is 0 Å². The molecule has 6 rings (SSSR count). The van der Waals surface area contributed by atoms with Gasteiger partial charge < -0.3 is 30.3 Å². The number of carbonyl (C=O) groups is 2. The number of para-hydroxylation sites is 1. The van der Waals surface area contributed by atoms with E-state index < -0.39 is 28.5 Å². The van der Waals surface area contributed by atoms with Crippen molar-refractivity contribution >= 4 is 45.9 Å². The van der Waals surface area contributed by atoms with Crippen LogP contribution in [0, 0.1) is 10.1 Å². The molecular weight excluding hydrogens is 691 g/mol. The molecule has 0 aliphatic carbocycles. The molecule has 1 fully saturated rings. The Kier molecular flexibility index (Phi) is 12.2. The van der Waals surface area contributed by atoms with E-state index in [-0.39, 0.29) is 22.5 Å². The van der Waals surface area contributed by atoms with E-state index in [0.717, 1.165) is 18.9 Å². The molecule has 0 bridgehead atoms. The van der Waals surface area contributed by atoms with Crippen molar-refractivity contribution < 1.29 is 37.2 Å². The van der Waals surface area contributed by atoms with Gasteiger partial charge in [-0.05, 0) is 79.6 Å². The average molecular weight is 728 g/mol. The van der Waals surface area contributed by atoms with Crippen LogP contribution in [0.25, 0.3) is 0 Å². The highest BCUT2D eigenvalue weighted by Crippen LogP contribution is 2.38. The Morgan fingerprint density at radius 3 is 1.75 bits per heavy atom. The number of methoxy groups -OCH3 is 2. The van der Waals surface area contributed by atoms with E-state index in [2.05, 4.69) is 16.0 Å². The van der Waals surface area contributed by atoms with Crippen LogP contribution in [0.3, 0.4) is 0 Å². The molecule has 0 aromatic heterocycles. The van der Waals surface area contributed by atoms with Crippen molar-refractivity contribution in [3.05, 3.63) is 142 Å². The average Bonchev–Trinajstić information content (AvgIpc) is 3.70. The summed E-state index contributed by atoms with van der Waals surface area (Å²) in [4.78, 5) is 37.5. The van der Waals surface area contributed by atoms with E-state index in [1.807, 2.05) is 18.2 Å². The number of carbonyl (C=O) groups excluding carboxylic acids is 2. The maximum Gasteiger partial charge on any atom is 0.418 e. The summed E-state index contributed by atoms with van der Waals surface area (Å²) in [7, 11) is 3.02. The minimum Gasteiger partial charge on any atom is -0.497 e. The van der Waals surface area contributed by atoms with Crippen LogP contribution in [-0.2, 0) is 6.18 Å². The molecule has 0 saturated carbocycles. The minimum atomic E-state index is -4.52. The number of nitrogens with zero attached hydrogens (tertiary/aromatic N) is 2. The molecule has 0 spiro atoms. The lowest BCUT2D eigenvalue weighted by Crippen LogP contribution is -2.23. The first kappa shape index (κ1) is 37.7. The monoisotopic (exact) mass is 727 g/mol. The number of benzene rings is 5. The zero-order valence-corrected chi connectivity index (χ0v) is 28.8. The number of anilines is 5. The van der Waals surface area contributed by atoms with Crippen LogP contribution >= 0.6 is 0 Å². The van der Waals surface area contributed by atoms with Crippen LogP contribution in [0.1, 0.15) is 39.1 Å². The van der Waals surface area contributed by atoms with Gasteiger partial charge >= 0.3 is 6.18 Å². The lowest BCUT2D eigenvalue weighted by Gasteiger charge is -2.23. The van der Waals surface area contributed by atoms with Gasteiger partial charge in [-0.3, -0.25) is 19.7 Å². The molecule has 1 saturated heterocycles. The Balaban J connectivity index is 0.000000204. The van der Waals surface area contributed by atoms with Gasteiger partial charge in [-0.15, -0.1) is 0 Å². The Morgan fingerprint density at radius 1 is 0.698 bits per heavy atom. The summed E-state index contributed by atoms with van der Waals surface area (Å²) >= 11 is 0. The fourth-order valence-electron chi connectivity index (χ4n) is 5.55. The second-order valence-corrected chi connectivity index (χ2v) is 11.8. The van der Waals surface area contributed by atoms with Gasteiger partial charge in [0.15, 0.2) is 0 Å². The molecule has 53 heavy (non-hydrogen) atoms. The van der Waals surface area contributed by atoms with Gasteiger partial charge in [-0.25, -0.2) is 0 Å². The smallest absolute Gasteiger partial charge is 0.418 e. The van der Waals surface area contributed by atoms with Gasteiger partial charge in [-0.2, -0.15) is 13.2 Å². The van der Waals surface area contributed by atoms with Crippen LogP contribution < -0.4 is 30.3 Å². The summed E-state index contributed by atoms with van der Waals surface area (Å²) in [5, 5.41) is 19.7. The van der Waals surface area contributed by atoms with Gasteiger partial charge in [0.25, 0.3) is 17.5 Å². The van der Waals surface area contributed by atoms with E-state index in [1.54, 1.807) is 65.6 Å². The summed E-state index contributed by atoms with van der Waals surface area (Å²) in [5.74, 6) is 0.0960. The SMILES string of the molecule is COc1cccc(NC(=O)c2ccc(N3CCCC3)c(C(F)(F)F)c2)c1.COc1cccc(NC(=O)c2ccc(Nc3ccccc3)c([N+](=O)[O-])c2)c1. The first-order valence-electron chi connectivity index (χ1n) is 16.4. The third-order valence-electron chi connectivity index (χ3n) is 8.18. The van der Waals surface area contributed by atoms with E-state index in [1.165, 1.54) is 44.6 Å². The second kappa shape index (κ2) is 17.1. The fourth-order valence-corrected chi connectivity index (χ4v) is 5.55. The Bertz CT molecular complexity index is 2070. The second-order valence-electron chi connectivity index (χ2n) is 11.8. The van der Waals surface area contributed by atoms with Crippen molar-refractivity contribution in [1.29, 1.82) is 0 Å². The first-order chi connectivity index (χ1) is 25.4. The molecular formula is C39H36F3N5O6. The van der Waals surface area contributed by atoms with Crippen LogP contribution in [0.4, 0.5) is 47.3 Å². The predicted molar refractivity (Wildman–Crippen MR) is 198 cm³/mol. The van der Waals surface area contributed by atoms with Crippen LogP contribution in [0.15, 0.2) is 115 Å². The number of nitrogens with one attached hydrogen (secondary N) is 3. The van der Waals surface area contributed by atoms with Crippen LogP contribution in [0.5, 0.6) is 11.5 Å². The van der Waals surface area contributed by atoms with E-state index in [9.17, 15) is 32.9 Å². The van der Waals surface area contributed by atoms with Gasteiger partial charge in [0.2, 0.25) is 0 Å². The molecule has 0 radical (unpaired) electrons. The first-order valence-corrected chi connectivity index (χ1v) is 16.4. The van der Waals surface area contributed by atoms with Crippen LogP contribution in [-0.4, -0.2) is 44.0 Å². The molecule has 1 heterocycles. The molecule has 5 aromatic carbocycles. The largest absolute Gasteiger partial charge is 0.497 e. The third kappa shape index (κ3) is 10.0. The molecule has 0 unspecified atom stereocenters. The number of nitro groups is 1. The standard InChI is InChI=1S/C20H17N3O4.C19H19F3N2O2/c1-27-17-9-5-8-16(13-17)22-20(24)14-10-11-18(19(12-14)23(25)26)21-15-6-3-2-4-7-15;1-26-15-6-4-5-14(12-15)23-18(25)13-7-8-17(24-9-2-3-10-24)16(11-13)19(20,21)22/h2-13,21H,1H3,(H,22,24);4-8,11-12H,2-3,9-10H2,1H3,(H,23,25). The third-order valence-corrected chi connectivity index (χ3v) is 8.18. The van der Waals surface area contributed by atoms with Crippen molar-refractivity contribution in [2.24, 2.45) is 0 Å². The summed E-state index contributed by atoms with van der Waals surface area (Å²) in [5.41, 5.74) is 1.33. The number of alkyl halides is 3. The normalized spacial score (nSPS) is 12.2. The molecule has 14 heteroatoms. The lowest BCUT2D eigenvalue weighted by molar-refractivity contribution is -0.383. The highest BCUT2D eigenvalue weighted by atomic mass is 19.4. The van der Waals surface area contributed by atoms with Crippen molar-refractivity contribution in [2.45, 2.75) is 19.0 Å². The Labute approximate surface area is 303 Å². The topological polar surface area (TPSA) is 135 Å². The molecule has 1 aliphatic heterocycles. The lowest BCUT2D eigenvalue weighted by atomic mass is 10.1. The highest BCUT2D eigenvalue weighted by Gasteiger charge is 2.36. The van der Waals surface area contributed by atoms with Crippen molar-refractivity contribution in [3.8, 4) is 11.5 Å². The highest BCUT2D eigenvalue weighted by molar-refractivity contribution is 6.05. The molecule has 5 aromatic rings. The zero-order chi connectivity index (χ0) is 38.0. The van der Waals surface area contributed by atoms with Crippen molar-refractivity contribution in [3.63, 3.8) is 0 Å². The summed E-state index contributed by atoms with van der Waals surface area (Å²) < 4.78 is 50.7. The summed E-state index contributed by atoms with van der Waals surface area (Å²) in [6.07, 6.45) is -2.78. The molecule has 2 amide bonds. The quantitative estimate of drug-likeness (QED) is 0.0958. The maximum absolute atomic E-state index is 13.5. The minimum absolute atomic E-state index is 0.0388. The van der Waals surface area contributed by atoms with E-state index in [0.29, 0.717) is 47.3 Å². The van der Waals surface area contributed by atoms with Gasteiger partial charge in [0.1, 0.15) is 17.2 Å². The zero-order valence-electron chi connectivity index (χ0n) is 28.8. The summed E-state index contributed by atoms with van der Waals surface area (Å²) in [6.45, 7) is 1.19. The fraction of sp³-hybridized carbons (Fsp3) is 0.179. The van der Waals surface area contributed by atoms with Crippen molar-refractivity contribution in [2.75, 3.05) is 48.2 Å². The maximum atomic E-state index is 13.5. The van der Waals surface area contributed by atoms with Gasteiger partial charge in [-0.1, -0.05) is 30.3 Å². The van der Waals surface area contributed by atoms with Gasteiger partial charge in [0.05, 0.1) is 24.7 Å². The number of nitro benzene ring substituents is 1.